The van der Waals surface area contributed by atoms with Gasteiger partial charge < -0.3 is 19.1 Å². The summed E-state index contributed by atoms with van der Waals surface area (Å²) in [5.41, 5.74) is 5.09. The molecule has 1 unspecified atom stereocenters. The maximum absolute atomic E-state index is 13.4. The van der Waals surface area contributed by atoms with E-state index in [-0.39, 0.29) is 24.4 Å². The number of carbonyl (C=O) groups is 1. The fourth-order valence-electron chi connectivity index (χ4n) is 5.86. The molecule has 1 aliphatic rings. The summed E-state index contributed by atoms with van der Waals surface area (Å²) in [5.74, 6) is 0.758. The number of fused-ring (bicyclic) bond motifs is 1. The molecule has 0 radical (unpaired) electrons. The summed E-state index contributed by atoms with van der Waals surface area (Å²) < 4.78 is 20.1. The van der Waals surface area contributed by atoms with Gasteiger partial charge >= 0.3 is 6.01 Å². The fourth-order valence-corrected chi connectivity index (χ4v) is 6.17. The van der Waals surface area contributed by atoms with Crippen molar-refractivity contribution in [3.8, 4) is 6.01 Å². The van der Waals surface area contributed by atoms with Crippen molar-refractivity contribution in [2.24, 2.45) is 0 Å². The van der Waals surface area contributed by atoms with Crippen LogP contribution in [0, 0.1) is 13.8 Å². The van der Waals surface area contributed by atoms with E-state index in [9.17, 15) is 9.18 Å². The highest BCUT2D eigenvalue weighted by atomic mass is 35.5. The number of aryl methyl sites for hydroxylation is 3. The summed E-state index contributed by atoms with van der Waals surface area (Å²) in [7, 11) is 3.38. The lowest BCUT2D eigenvalue weighted by molar-refractivity contribution is 0.0782. The third-order valence-electron chi connectivity index (χ3n) is 8.12. The third kappa shape index (κ3) is 7.25. The largest absolute Gasteiger partial charge is 0.467 e. The summed E-state index contributed by atoms with van der Waals surface area (Å²) in [6, 6.07) is 11.9. The highest BCUT2D eigenvalue weighted by Crippen LogP contribution is 2.30. The Morgan fingerprint density at radius 1 is 1.02 bits per heavy atom. The Balaban J connectivity index is 1.27. The van der Waals surface area contributed by atoms with Crippen molar-refractivity contribution in [1.29, 1.82) is 0 Å². The van der Waals surface area contributed by atoms with Crippen molar-refractivity contribution in [3.63, 3.8) is 0 Å². The number of hydrogen-bond donors (Lipinski definition) is 0. The number of imidazole rings is 1. The molecule has 5 rings (SSSR count). The molecule has 0 spiro atoms. The van der Waals surface area contributed by atoms with Gasteiger partial charge in [0.25, 0.3) is 5.91 Å². The second kappa shape index (κ2) is 14.1. The van der Waals surface area contributed by atoms with Gasteiger partial charge in [0.1, 0.15) is 6.67 Å². The van der Waals surface area contributed by atoms with E-state index in [0.29, 0.717) is 39.1 Å². The molecule has 12 heteroatoms. The number of anilines is 1. The first-order chi connectivity index (χ1) is 21.2. The van der Waals surface area contributed by atoms with E-state index in [0.717, 1.165) is 55.8 Å². The Kier molecular flexibility index (Phi) is 10.2. The Hall–Kier alpha value is -3.47. The minimum atomic E-state index is -0.509. The molecule has 1 saturated heterocycles. The topological polar surface area (TPSA) is 79.6 Å². The van der Waals surface area contributed by atoms with Gasteiger partial charge in [0, 0.05) is 51.3 Å². The average Bonchev–Trinajstić information content (AvgIpc) is 3.42. The van der Waals surface area contributed by atoms with E-state index in [1.165, 1.54) is 7.11 Å². The van der Waals surface area contributed by atoms with Gasteiger partial charge in [0.2, 0.25) is 0 Å². The van der Waals surface area contributed by atoms with Gasteiger partial charge in [-0.2, -0.15) is 9.97 Å². The molecule has 1 fully saturated rings. The molecule has 0 aliphatic carbocycles. The van der Waals surface area contributed by atoms with E-state index in [1.807, 2.05) is 51.2 Å². The van der Waals surface area contributed by atoms with Crippen LogP contribution < -0.4 is 9.64 Å². The normalized spacial score (nSPS) is 14.7. The van der Waals surface area contributed by atoms with Gasteiger partial charge in [-0.25, -0.2) is 9.37 Å². The van der Waals surface area contributed by atoms with E-state index < -0.39 is 6.67 Å². The number of hydrogen-bond acceptors (Lipinski definition) is 7. The van der Waals surface area contributed by atoms with Crippen LogP contribution in [0.2, 0.25) is 10.0 Å². The van der Waals surface area contributed by atoms with Crippen LogP contribution in [-0.2, 0) is 6.54 Å². The van der Waals surface area contributed by atoms with Gasteiger partial charge in [0.05, 0.1) is 30.0 Å². The average molecular weight is 643 g/mol. The zero-order valence-electron chi connectivity index (χ0n) is 25.6. The first-order valence-electron chi connectivity index (χ1n) is 14.8. The number of alkyl halides is 1. The van der Waals surface area contributed by atoms with E-state index in [4.69, 9.17) is 27.9 Å². The van der Waals surface area contributed by atoms with Crippen LogP contribution in [-0.4, -0.2) is 95.3 Å². The number of methoxy groups -OCH3 is 1. The van der Waals surface area contributed by atoms with Crippen molar-refractivity contribution >= 4 is 46.1 Å². The van der Waals surface area contributed by atoms with Gasteiger partial charge in [-0.3, -0.25) is 9.69 Å². The van der Waals surface area contributed by atoms with Crippen LogP contribution in [0.15, 0.2) is 42.7 Å². The van der Waals surface area contributed by atoms with Crippen molar-refractivity contribution in [2.75, 3.05) is 65.0 Å². The number of carbonyl (C=O) groups excluding carboxylic acids is 1. The van der Waals surface area contributed by atoms with Gasteiger partial charge in [-0.15, -0.1) is 0 Å². The number of likely N-dealkylation sites (N-methyl/N-ethyl adjacent to an activating group) is 1. The Labute approximate surface area is 267 Å². The second-order valence-electron chi connectivity index (χ2n) is 11.4. The number of nitrogens with zero attached hydrogens (tertiary/aromatic N) is 7. The Morgan fingerprint density at radius 2 is 1.75 bits per heavy atom. The molecule has 234 valence electrons. The van der Waals surface area contributed by atoms with E-state index in [2.05, 4.69) is 30.8 Å². The fraction of sp³-hybridized carbons (Fsp3) is 0.438. The molecule has 44 heavy (non-hydrogen) atoms. The quantitative estimate of drug-likeness (QED) is 0.205. The molecule has 0 bridgehead atoms. The predicted molar refractivity (Wildman–Crippen MR) is 173 cm³/mol. The number of halogens is 3. The van der Waals surface area contributed by atoms with Crippen LogP contribution in [0.3, 0.4) is 0 Å². The molecule has 1 atom stereocenters. The molecule has 0 saturated carbocycles. The van der Waals surface area contributed by atoms with Crippen molar-refractivity contribution in [3.05, 3.63) is 75.0 Å². The lowest BCUT2D eigenvalue weighted by Gasteiger charge is -2.36. The van der Waals surface area contributed by atoms with E-state index in [1.54, 1.807) is 15.8 Å². The minimum Gasteiger partial charge on any atom is -0.467 e. The Morgan fingerprint density at radius 3 is 2.41 bits per heavy atom. The number of ether oxygens (including phenoxy) is 1. The van der Waals surface area contributed by atoms with Crippen molar-refractivity contribution in [1.82, 2.24) is 29.3 Å². The molecule has 2 aromatic carbocycles. The van der Waals surface area contributed by atoms with Crippen molar-refractivity contribution in [2.45, 2.75) is 32.7 Å². The smallest absolute Gasteiger partial charge is 0.320 e. The van der Waals surface area contributed by atoms with Crippen molar-refractivity contribution < 1.29 is 13.9 Å². The molecule has 9 nitrogen and oxygen atoms in total. The Bertz CT molecular complexity index is 1600. The third-order valence-corrected chi connectivity index (χ3v) is 8.86. The minimum absolute atomic E-state index is 0.00368. The SMILES string of the molecule is COc1nc(N2CCN(CCC(CN(C)C(=O)c3cc(C)cc(C)c3)c3ccc(Cl)c(Cl)c3)CC2)c2ncn(CCF)c2n1. The molecule has 1 amide bonds. The van der Waals surface area contributed by atoms with Crippen LogP contribution in [0.4, 0.5) is 10.2 Å². The molecular weight excluding hydrogens is 604 g/mol. The molecule has 1 aliphatic heterocycles. The van der Waals surface area contributed by atoms with Gasteiger partial charge in [0.15, 0.2) is 17.0 Å². The summed E-state index contributed by atoms with van der Waals surface area (Å²) in [6.07, 6.45) is 2.44. The summed E-state index contributed by atoms with van der Waals surface area (Å²) >= 11 is 12.7. The monoisotopic (exact) mass is 641 g/mol. The molecule has 4 aromatic rings. The number of benzene rings is 2. The van der Waals surface area contributed by atoms with Gasteiger partial charge in [-0.1, -0.05) is 46.5 Å². The number of piperazine rings is 1. The molecule has 2 aromatic heterocycles. The zero-order chi connectivity index (χ0) is 31.4. The summed E-state index contributed by atoms with van der Waals surface area (Å²) in [5, 5.41) is 1.02. The van der Waals surface area contributed by atoms with E-state index >= 15 is 0 Å². The maximum atomic E-state index is 13.4. The number of amides is 1. The summed E-state index contributed by atoms with van der Waals surface area (Å²) in [6.45, 7) is 8.20. The zero-order valence-corrected chi connectivity index (χ0v) is 27.1. The predicted octanol–water partition coefficient (Wildman–Crippen LogP) is 5.80. The van der Waals surface area contributed by atoms with Crippen LogP contribution in [0.25, 0.3) is 11.2 Å². The second-order valence-corrected chi connectivity index (χ2v) is 12.2. The maximum Gasteiger partial charge on any atom is 0.320 e. The lowest BCUT2D eigenvalue weighted by atomic mass is 9.94. The molecule has 0 N–H and O–H groups in total. The summed E-state index contributed by atoms with van der Waals surface area (Å²) in [4.78, 5) is 33.3. The standard InChI is InChI=1S/C32H38Cl2FN7O2/c1-21-15-22(2)17-25(16-21)31(43)39(3)19-24(23-5-6-26(33)27(34)18-23)7-9-40-11-13-41(14-12-40)29-28-30(38-32(37-29)44-4)42(10-8-35)20-36-28/h5-6,15-18,20,24H,7-14,19H2,1-4H3. The number of aromatic nitrogens is 4. The van der Waals surface area contributed by atoms with Gasteiger partial charge in [-0.05, 0) is 56.6 Å². The number of rotatable bonds is 11. The lowest BCUT2D eigenvalue weighted by Crippen LogP contribution is -2.47. The van der Waals surface area contributed by atoms with Crippen LogP contribution in [0.1, 0.15) is 39.4 Å². The molecular formula is C32H38Cl2FN7O2. The highest BCUT2D eigenvalue weighted by Gasteiger charge is 2.25. The van der Waals surface area contributed by atoms with Crippen LogP contribution >= 0.6 is 23.2 Å². The highest BCUT2D eigenvalue weighted by molar-refractivity contribution is 6.42. The first kappa shape index (κ1) is 31.9. The first-order valence-corrected chi connectivity index (χ1v) is 15.5. The van der Waals surface area contributed by atoms with Crippen LogP contribution in [0.5, 0.6) is 6.01 Å². The molecule has 3 heterocycles.